The first-order chi connectivity index (χ1) is 6.90. The third-order valence-corrected chi connectivity index (χ3v) is 3.15. The van der Waals surface area contributed by atoms with Crippen LogP contribution in [0.15, 0.2) is 0 Å². The van der Waals surface area contributed by atoms with E-state index in [4.69, 9.17) is 0 Å². The summed E-state index contributed by atoms with van der Waals surface area (Å²) in [7, 11) is 0. The Bertz CT molecular complexity index is 211. The van der Waals surface area contributed by atoms with E-state index in [1.54, 1.807) is 6.92 Å². The van der Waals surface area contributed by atoms with Crippen LogP contribution in [0.3, 0.4) is 0 Å². The third kappa shape index (κ3) is 4.33. The number of rotatable bonds is 3. The second-order valence-corrected chi connectivity index (χ2v) is 5.88. The molecule has 0 spiro atoms. The summed E-state index contributed by atoms with van der Waals surface area (Å²) in [6.07, 6.45) is 6.36. The van der Waals surface area contributed by atoms with Crippen LogP contribution in [0, 0.1) is 5.92 Å². The Balaban J connectivity index is 2.60. The monoisotopic (exact) mass is 211 g/mol. The van der Waals surface area contributed by atoms with E-state index >= 15 is 0 Å². The summed E-state index contributed by atoms with van der Waals surface area (Å²) in [6.45, 7) is 8.11. The van der Waals surface area contributed by atoms with Gasteiger partial charge >= 0.3 is 0 Å². The van der Waals surface area contributed by atoms with Crippen molar-refractivity contribution in [1.82, 2.24) is 5.32 Å². The minimum absolute atomic E-state index is 0.0355. The number of hydrogen-bond acceptors (Lipinski definition) is 2. The van der Waals surface area contributed by atoms with Crippen LogP contribution in [0.5, 0.6) is 0 Å². The third-order valence-electron chi connectivity index (χ3n) is 3.15. The molecule has 1 aliphatic rings. The summed E-state index contributed by atoms with van der Waals surface area (Å²) >= 11 is 0. The van der Waals surface area contributed by atoms with E-state index in [1.807, 2.05) is 0 Å². The van der Waals surface area contributed by atoms with Gasteiger partial charge in [-0.25, -0.2) is 0 Å². The van der Waals surface area contributed by atoms with E-state index in [2.05, 4.69) is 26.1 Å². The number of hydrogen-bond donors (Lipinski definition) is 1. The molecule has 0 heterocycles. The lowest BCUT2D eigenvalue weighted by Crippen LogP contribution is -2.51. The van der Waals surface area contributed by atoms with Crippen molar-refractivity contribution >= 4 is 5.78 Å². The lowest BCUT2D eigenvalue weighted by molar-refractivity contribution is -0.121. The van der Waals surface area contributed by atoms with Crippen LogP contribution in [-0.2, 0) is 4.79 Å². The van der Waals surface area contributed by atoms with Gasteiger partial charge in [0.1, 0.15) is 5.78 Å². The molecule has 1 saturated carbocycles. The summed E-state index contributed by atoms with van der Waals surface area (Å²) in [6, 6.07) is 0.0744. The molecule has 1 fully saturated rings. The molecule has 0 amide bonds. The molecule has 0 radical (unpaired) electrons. The Morgan fingerprint density at radius 3 is 2.13 bits per heavy atom. The Morgan fingerprint density at radius 2 is 1.73 bits per heavy atom. The van der Waals surface area contributed by atoms with Crippen molar-refractivity contribution in [2.45, 2.75) is 71.4 Å². The van der Waals surface area contributed by atoms with Crippen molar-refractivity contribution < 1.29 is 4.79 Å². The van der Waals surface area contributed by atoms with Crippen molar-refractivity contribution in [2.24, 2.45) is 5.92 Å². The van der Waals surface area contributed by atoms with Crippen molar-refractivity contribution in [3.8, 4) is 0 Å². The highest BCUT2D eigenvalue weighted by atomic mass is 16.1. The number of nitrogens with one attached hydrogen (secondary N) is 1. The predicted molar refractivity (Wildman–Crippen MR) is 63.9 cm³/mol. The van der Waals surface area contributed by atoms with Crippen molar-refractivity contribution in [3.63, 3.8) is 0 Å². The molecular formula is C13H25NO. The maximum Gasteiger partial charge on any atom is 0.146 e. The smallest absolute Gasteiger partial charge is 0.146 e. The zero-order chi connectivity index (χ0) is 11.5. The standard InChI is InChI=1S/C13H25NO/c1-10(15)12(14-13(2,3)4)11-8-6-5-7-9-11/h11-12,14H,5-9H2,1-4H3. The van der Waals surface area contributed by atoms with E-state index in [9.17, 15) is 4.79 Å². The van der Waals surface area contributed by atoms with Crippen LogP contribution in [0.25, 0.3) is 0 Å². The summed E-state index contributed by atoms with van der Waals surface area (Å²) in [4.78, 5) is 11.7. The molecule has 0 aliphatic heterocycles. The fourth-order valence-electron chi connectivity index (χ4n) is 2.49. The van der Waals surface area contributed by atoms with Gasteiger partial charge in [0, 0.05) is 5.54 Å². The quantitative estimate of drug-likeness (QED) is 0.777. The van der Waals surface area contributed by atoms with Gasteiger partial charge in [-0.15, -0.1) is 0 Å². The predicted octanol–water partition coefficient (Wildman–Crippen LogP) is 2.91. The van der Waals surface area contributed by atoms with Crippen molar-refractivity contribution in [3.05, 3.63) is 0 Å². The van der Waals surface area contributed by atoms with Crippen LogP contribution < -0.4 is 5.32 Å². The maximum atomic E-state index is 11.7. The Hall–Kier alpha value is -0.370. The Morgan fingerprint density at radius 1 is 1.20 bits per heavy atom. The second kappa shape index (κ2) is 5.11. The Labute approximate surface area is 93.8 Å². The van der Waals surface area contributed by atoms with Crippen molar-refractivity contribution in [2.75, 3.05) is 0 Å². The Kier molecular flexibility index (Phi) is 4.32. The first-order valence-electron chi connectivity index (χ1n) is 6.18. The lowest BCUT2D eigenvalue weighted by atomic mass is 9.81. The molecular weight excluding hydrogens is 186 g/mol. The summed E-state index contributed by atoms with van der Waals surface area (Å²) in [5, 5.41) is 3.48. The zero-order valence-corrected chi connectivity index (χ0v) is 10.6. The minimum Gasteiger partial charge on any atom is -0.303 e. The largest absolute Gasteiger partial charge is 0.303 e. The van der Waals surface area contributed by atoms with Crippen molar-refractivity contribution in [1.29, 1.82) is 0 Å². The highest BCUT2D eigenvalue weighted by Gasteiger charge is 2.29. The van der Waals surface area contributed by atoms with Gasteiger partial charge in [-0.2, -0.15) is 0 Å². The summed E-state index contributed by atoms with van der Waals surface area (Å²) in [5.74, 6) is 0.868. The fraction of sp³-hybridized carbons (Fsp3) is 0.923. The SMILES string of the molecule is CC(=O)C(NC(C)(C)C)C1CCCCC1. The molecule has 0 saturated heterocycles. The van der Waals surface area contributed by atoms with Crippen LogP contribution in [0.4, 0.5) is 0 Å². The number of carbonyl (C=O) groups excluding carboxylic acids is 1. The maximum absolute atomic E-state index is 11.7. The molecule has 1 rings (SSSR count). The molecule has 0 bridgehead atoms. The molecule has 1 unspecified atom stereocenters. The van der Waals surface area contributed by atoms with Crippen LogP contribution in [0.1, 0.15) is 59.8 Å². The van der Waals surface area contributed by atoms with Gasteiger partial charge in [0.05, 0.1) is 6.04 Å². The summed E-state index contributed by atoms with van der Waals surface area (Å²) in [5.41, 5.74) is 0.0355. The van der Waals surface area contributed by atoms with Gasteiger partial charge in [-0.05, 0) is 46.5 Å². The lowest BCUT2D eigenvalue weighted by Gasteiger charge is -2.34. The van der Waals surface area contributed by atoms with E-state index in [1.165, 1.54) is 32.1 Å². The number of ketones is 1. The minimum atomic E-state index is 0.0355. The normalized spacial score (nSPS) is 21.3. The average Bonchev–Trinajstić information content (AvgIpc) is 2.14. The average molecular weight is 211 g/mol. The molecule has 0 aromatic carbocycles. The first kappa shape index (κ1) is 12.7. The van der Waals surface area contributed by atoms with Gasteiger partial charge in [0.2, 0.25) is 0 Å². The molecule has 0 aromatic rings. The van der Waals surface area contributed by atoms with Gasteiger partial charge < -0.3 is 5.32 Å². The van der Waals surface area contributed by atoms with E-state index in [-0.39, 0.29) is 11.6 Å². The highest BCUT2D eigenvalue weighted by Crippen LogP contribution is 2.27. The van der Waals surface area contributed by atoms with Gasteiger partial charge in [-0.1, -0.05) is 19.3 Å². The van der Waals surface area contributed by atoms with E-state index in [0.717, 1.165) is 0 Å². The van der Waals surface area contributed by atoms with Gasteiger partial charge in [0.15, 0.2) is 0 Å². The number of carbonyl (C=O) groups is 1. The first-order valence-corrected chi connectivity index (χ1v) is 6.18. The van der Waals surface area contributed by atoms with Gasteiger partial charge in [-0.3, -0.25) is 4.79 Å². The molecule has 2 nitrogen and oxygen atoms in total. The molecule has 1 atom stereocenters. The fourth-order valence-corrected chi connectivity index (χ4v) is 2.49. The highest BCUT2D eigenvalue weighted by molar-refractivity contribution is 5.81. The van der Waals surface area contributed by atoms with E-state index in [0.29, 0.717) is 11.7 Å². The summed E-state index contributed by atoms with van der Waals surface area (Å²) < 4.78 is 0. The molecule has 15 heavy (non-hydrogen) atoms. The zero-order valence-electron chi connectivity index (χ0n) is 10.6. The van der Waals surface area contributed by atoms with Crippen LogP contribution in [-0.4, -0.2) is 17.4 Å². The molecule has 1 aliphatic carbocycles. The second-order valence-electron chi connectivity index (χ2n) is 5.88. The molecule has 0 aromatic heterocycles. The topological polar surface area (TPSA) is 29.1 Å². The van der Waals surface area contributed by atoms with Crippen LogP contribution in [0.2, 0.25) is 0 Å². The van der Waals surface area contributed by atoms with E-state index < -0.39 is 0 Å². The molecule has 1 N–H and O–H groups in total. The van der Waals surface area contributed by atoms with Gasteiger partial charge in [0.25, 0.3) is 0 Å². The number of Topliss-reactive ketones (excluding diaryl/α,β-unsaturated/α-hetero) is 1. The molecule has 2 heteroatoms. The van der Waals surface area contributed by atoms with Crippen LogP contribution >= 0.6 is 0 Å². The molecule has 88 valence electrons.